The smallest absolute Gasteiger partial charge is 0.409 e. The van der Waals surface area contributed by atoms with Gasteiger partial charge in [-0.15, -0.1) is 0 Å². The summed E-state index contributed by atoms with van der Waals surface area (Å²) in [5.41, 5.74) is 1.19. The van der Waals surface area contributed by atoms with Gasteiger partial charge in [0, 0.05) is 32.6 Å². The molecule has 1 N–H and O–H groups in total. The Hall–Kier alpha value is -3.75. The largest absolute Gasteiger partial charge is 0.489 e. The number of rotatable bonds is 8. The second-order valence-corrected chi connectivity index (χ2v) is 9.84. The van der Waals surface area contributed by atoms with E-state index in [0.717, 1.165) is 11.1 Å². The lowest BCUT2D eigenvalue weighted by molar-refractivity contribution is -0.135. The molecule has 0 aromatic heterocycles. The number of hydrogen-bond donors (Lipinski definition) is 1. The van der Waals surface area contributed by atoms with Crippen LogP contribution >= 0.6 is 0 Å². The average molecular weight is 512 g/mol. The van der Waals surface area contributed by atoms with Gasteiger partial charge in [0.1, 0.15) is 24.0 Å². The molecule has 0 bridgehead atoms. The van der Waals surface area contributed by atoms with Gasteiger partial charge in [0.25, 0.3) is 0 Å². The summed E-state index contributed by atoms with van der Waals surface area (Å²) in [6.07, 6.45) is -0.781. The maximum Gasteiger partial charge on any atom is 0.409 e. The third-order valence-electron chi connectivity index (χ3n) is 5.69. The van der Waals surface area contributed by atoms with E-state index in [1.165, 1.54) is 0 Å². The minimum absolute atomic E-state index is 0.232. The molecular weight excluding hydrogens is 474 g/mol. The van der Waals surface area contributed by atoms with Gasteiger partial charge in [-0.1, -0.05) is 42.5 Å². The summed E-state index contributed by atoms with van der Waals surface area (Å²) in [4.78, 5) is 41.3. The molecule has 1 fully saturated rings. The average Bonchev–Trinajstić information content (AvgIpc) is 2.87. The zero-order chi connectivity index (χ0) is 26.8. The number of benzene rings is 2. The first-order chi connectivity index (χ1) is 17.6. The van der Waals surface area contributed by atoms with E-state index in [4.69, 9.17) is 14.2 Å². The second-order valence-electron chi connectivity index (χ2n) is 9.84. The van der Waals surface area contributed by atoms with Gasteiger partial charge in [0.2, 0.25) is 5.91 Å². The number of piperazine rings is 1. The fraction of sp³-hybridized carbons (Fsp3) is 0.464. The number of carbonyl (C=O) groups is 3. The van der Waals surface area contributed by atoms with Crippen molar-refractivity contribution in [1.82, 2.24) is 15.1 Å². The Morgan fingerprint density at radius 3 is 2.22 bits per heavy atom. The summed E-state index contributed by atoms with van der Waals surface area (Å²) < 4.78 is 16.4. The van der Waals surface area contributed by atoms with Crippen LogP contribution in [0.1, 0.15) is 38.8 Å². The van der Waals surface area contributed by atoms with Crippen molar-refractivity contribution in [3.8, 4) is 5.75 Å². The number of ether oxygens (including phenoxy) is 3. The van der Waals surface area contributed by atoms with E-state index in [2.05, 4.69) is 5.32 Å². The van der Waals surface area contributed by atoms with E-state index in [9.17, 15) is 14.4 Å². The van der Waals surface area contributed by atoms with E-state index >= 15 is 0 Å². The highest BCUT2D eigenvalue weighted by molar-refractivity contribution is 5.86. The number of carbonyl (C=O) groups excluding carboxylic acids is 3. The molecule has 9 heteroatoms. The van der Waals surface area contributed by atoms with Crippen LogP contribution in [0, 0.1) is 0 Å². The second kappa shape index (κ2) is 13.0. The first kappa shape index (κ1) is 27.8. The summed E-state index contributed by atoms with van der Waals surface area (Å²) in [5.74, 6) is 0.442. The van der Waals surface area contributed by atoms with Crippen LogP contribution < -0.4 is 10.1 Å². The molecule has 37 heavy (non-hydrogen) atoms. The SMILES string of the molecule is CCOC(=O)N1CCN(C(=O)C(Cc2cccc(OCc3ccccc3)c2)NC(=O)OC(C)(C)C)CC1. The van der Waals surface area contributed by atoms with Gasteiger partial charge < -0.3 is 29.3 Å². The number of amides is 3. The molecule has 2 aromatic rings. The lowest BCUT2D eigenvalue weighted by atomic mass is 10.0. The van der Waals surface area contributed by atoms with Crippen LogP contribution in [0.25, 0.3) is 0 Å². The normalized spacial score (nSPS) is 14.5. The lowest BCUT2D eigenvalue weighted by Crippen LogP contribution is -2.56. The Balaban J connectivity index is 1.69. The summed E-state index contributed by atoms with van der Waals surface area (Å²) >= 11 is 0. The van der Waals surface area contributed by atoms with Gasteiger partial charge in [0.05, 0.1) is 6.61 Å². The van der Waals surface area contributed by atoms with Gasteiger partial charge in [-0.3, -0.25) is 4.79 Å². The van der Waals surface area contributed by atoms with Crippen molar-refractivity contribution in [3.63, 3.8) is 0 Å². The molecule has 1 heterocycles. The van der Waals surface area contributed by atoms with Crippen LogP contribution in [0.15, 0.2) is 54.6 Å². The Bertz CT molecular complexity index is 1050. The Morgan fingerprint density at radius 2 is 1.57 bits per heavy atom. The highest BCUT2D eigenvalue weighted by Crippen LogP contribution is 2.18. The minimum Gasteiger partial charge on any atom is -0.489 e. The third kappa shape index (κ3) is 9.00. The van der Waals surface area contributed by atoms with Crippen molar-refractivity contribution in [2.24, 2.45) is 0 Å². The zero-order valence-electron chi connectivity index (χ0n) is 22.1. The van der Waals surface area contributed by atoms with Crippen LogP contribution in [0.5, 0.6) is 5.75 Å². The molecule has 1 saturated heterocycles. The zero-order valence-corrected chi connectivity index (χ0v) is 22.1. The molecule has 0 spiro atoms. The Labute approximate surface area is 218 Å². The molecule has 1 aliphatic heterocycles. The molecule has 2 aromatic carbocycles. The van der Waals surface area contributed by atoms with Crippen LogP contribution in [0.4, 0.5) is 9.59 Å². The molecule has 0 radical (unpaired) electrons. The van der Waals surface area contributed by atoms with Crippen molar-refractivity contribution in [2.75, 3.05) is 32.8 Å². The molecule has 200 valence electrons. The van der Waals surface area contributed by atoms with Crippen LogP contribution in [0.3, 0.4) is 0 Å². The van der Waals surface area contributed by atoms with Gasteiger partial charge in [-0.25, -0.2) is 9.59 Å². The highest BCUT2D eigenvalue weighted by atomic mass is 16.6. The molecule has 1 aliphatic rings. The van der Waals surface area contributed by atoms with Crippen molar-refractivity contribution >= 4 is 18.1 Å². The van der Waals surface area contributed by atoms with E-state index in [0.29, 0.717) is 45.1 Å². The highest BCUT2D eigenvalue weighted by Gasteiger charge is 2.31. The summed E-state index contributed by atoms with van der Waals surface area (Å²) in [6.45, 7) is 9.23. The van der Waals surface area contributed by atoms with E-state index in [1.54, 1.807) is 37.5 Å². The Morgan fingerprint density at radius 1 is 0.919 bits per heavy atom. The molecular formula is C28H37N3O6. The number of nitrogens with one attached hydrogen (secondary N) is 1. The Kier molecular flexibility index (Phi) is 9.77. The van der Waals surface area contributed by atoms with Crippen molar-refractivity contribution in [3.05, 3.63) is 65.7 Å². The fourth-order valence-corrected chi connectivity index (χ4v) is 3.93. The van der Waals surface area contributed by atoms with Crippen molar-refractivity contribution in [1.29, 1.82) is 0 Å². The first-order valence-electron chi connectivity index (χ1n) is 12.6. The molecule has 1 unspecified atom stereocenters. The van der Waals surface area contributed by atoms with Gasteiger partial charge in [-0.2, -0.15) is 0 Å². The van der Waals surface area contributed by atoms with Crippen LogP contribution in [0.2, 0.25) is 0 Å². The summed E-state index contributed by atoms with van der Waals surface area (Å²) in [5, 5.41) is 2.75. The predicted molar refractivity (Wildman–Crippen MR) is 139 cm³/mol. The third-order valence-corrected chi connectivity index (χ3v) is 5.69. The van der Waals surface area contributed by atoms with Gasteiger partial charge >= 0.3 is 12.2 Å². The number of hydrogen-bond acceptors (Lipinski definition) is 6. The van der Waals surface area contributed by atoms with Crippen molar-refractivity contribution in [2.45, 2.75) is 52.4 Å². The van der Waals surface area contributed by atoms with Gasteiger partial charge in [-0.05, 0) is 51.0 Å². The number of nitrogens with zero attached hydrogens (tertiary/aromatic N) is 2. The summed E-state index contributed by atoms with van der Waals surface area (Å²) in [7, 11) is 0. The lowest BCUT2D eigenvalue weighted by Gasteiger charge is -2.36. The van der Waals surface area contributed by atoms with E-state index in [1.807, 2.05) is 54.6 Å². The van der Waals surface area contributed by atoms with Crippen LogP contribution in [-0.4, -0.2) is 72.3 Å². The molecule has 9 nitrogen and oxygen atoms in total. The van der Waals surface area contributed by atoms with Crippen LogP contribution in [-0.2, 0) is 27.3 Å². The monoisotopic (exact) mass is 511 g/mol. The number of alkyl carbamates (subject to hydrolysis) is 1. The predicted octanol–water partition coefficient (Wildman–Crippen LogP) is 4.00. The first-order valence-corrected chi connectivity index (χ1v) is 12.6. The van der Waals surface area contributed by atoms with E-state index in [-0.39, 0.29) is 18.4 Å². The molecule has 0 aliphatic carbocycles. The molecule has 1 atom stereocenters. The molecule has 3 amide bonds. The molecule has 0 saturated carbocycles. The molecule has 3 rings (SSSR count). The topological polar surface area (TPSA) is 97.4 Å². The fourth-order valence-electron chi connectivity index (χ4n) is 3.93. The maximum absolute atomic E-state index is 13.5. The minimum atomic E-state index is -0.839. The van der Waals surface area contributed by atoms with E-state index < -0.39 is 17.7 Å². The maximum atomic E-state index is 13.5. The van der Waals surface area contributed by atoms with Crippen molar-refractivity contribution < 1.29 is 28.6 Å². The summed E-state index contributed by atoms with van der Waals surface area (Å²) in [6, 6.07) is 16.5. The van der Waals surface area contributed by atoms with Gasteiger partial charge in [0.15, 0.2) is 0 Å². The standard InChI is InChI=1S/C28H37N3O6/c1-5-35-27(34)31-16-14-30(15-17-31)25(32)24(29-26(33)37-28(2,3)4)19-22-12-9-13-23(18-22)36-20-21-10-7-6-8-11-21/h6-13,18,24H,5,14-17,19-20H2,1-4H3,(H,29,33). The quantitative estimate of drug-likeness (QED) is 0.575.